The Bertz CT molecular complexity index is 818. The van der Waals surface area contributed by atoms with E-state index in [2.05, 4.69) is 20.2 Å². The Labute approximate surface area is 130 Å². The van der Waals surface area contributed by atoms with Crippen molar-refractivity contribution < 1.29 is 20.1 Å². The first kappa shape index (κ1) is 14.3. The number of rotatable bonds is 3. The van der Waals surface area contributed by atoms with Gasteiger partial charge in [-0.25, -0.2) is 4.98 Å². The molecule has 3 aromatic heterocycles. The Hall–Kier alpha value is -2.33. The number of fused-ring (bicyclic) bond motifs is 1. The molecule has 1 fully saturated rings. The fourth-order valence-corrected chi connectivity index (χ4v) is 2.86. The minimum atomic E-state index is -1.16. The SMILES string of the molecule is OC[C@H]1O[C@@H](n2cnc3c(-c4ccn[nH]4)nccc32)[C@H](O)[C@@H]1O. The van der Waals surface area contributed by atoms with Gasteiger partial charge in [0.25, 0.3) is 0 Å². The van der Waals surface area contributed by atoms with Gasteiger partial charge in [0.1, 0.15) is 29.5 Å². The van der Waals surface area contributed by atoms with E-state index in [9.17, 15) is 15.3 Å². The molecule has 1 aliphatic heterocycles. The van der Waals surface area contributed by atoms with E-state index in [0.29, 0.717) is 16.7 Å². The molecule has 4 atom stereocenters. The van der Waals surface area contributed by atoms with Crippen LogP contribution in [0.2, 0.25) is 0 Å². The predicted octanol–water partition coefficient (Wildman–Crippen LogP) is -0.567. The highest BCUT2D eigenvalue weighted by atomic mass is 16.6. The first-order valence-electron chi connectivity index (χ1n) is 7.14. The van der Waals surface area contributed by atoms with Crippen molar-refractivity contribution in [1.82, 2.24) is 24.7 Å². The number of ether oxygens (including phenoxy) is 1. The van der Waals surface area contributed by atoms with E-state index in [-0.39, 0.29) is 6.61 Å². The molecule has 1 aliphatic rings. The number of aromatic nitrogens is 5. The van der Waals surface area contributed by atoms with Gasteiger partial charge in [-0.1, -0.05) is 0 Å². The summed E-state index contributed by atoms with van der Waals surface area (Å²) in [6.07, 6.45) is 0.791. The second-order valence-electron chi connectivity index (χ2n) is 5.38. The maximum absolute atomic E-state index is 10.2. The van der Waals surface area contributed by atoms with Gasteiger partial charge >= 0.3 is 0 Å². The molecule has 0 radical (unpaired) electrons. The van der Waals surface area contributed by atoms with Gasteiger partial charge in [-0.05, 0) is 12.1 Å². The molecule has 0 aliphatic carbocycles. The predicted molar refractivity (Wildman–Crippen MR) is 78.1 cm³/mol. The van der Waals surface area contributed by atoms with Crippen LogP contribution in [-0.4, -0.2) is 65.0 Å². The van der Waals surface area contributed by atoms with Crippen LogP contribution in [0.4, 0.5) is 0 Å². The number of pyridine rings is 1. The molecule has 0 saturated carbocycles. The number of aromatic amines is 1. The Morgan fingerprint density at radius 1 is 1.17 bits per heavy atom. The Morgan fingerprint density at radius 2 is 2.04 bits per heavy atom. The summed E-state index contributed by atoms with van der Waals surface area (Å²) >= 11 is 0. The maximum atomic E-state index is 10.2. The molecule has 9 heteroatoms. The summed E-state index contributed by atoms with van der Waals surface area (Å²) in [5.41, 5.74) is 2.67. The topological polar surface area (TPSA) is 129 Å². The monoisotopic (exact) mass is 317 g/mol. The summed E-state index contributed by atoms with van der Waals surface area (Å²) in [7, 11) is 0. The average molecular weight is 317 g/mol. The first-order valence-corrected chi connectivity index (χ1v) is 7.14. The molecule has 3 aromatic rings. The van der Waals surface area contributed by atoms with Crippen LogP contribution in [0.15, 0.2) is 30.9 Å². The lowest BCUT2D eigenvalue weighted by atomic mass is 10.1. The molecule has 4 N–H and O–H groups in total. The minimum absolute atomic E-state index is 0.373. The van der Waals surface area contributed by atoms with E-state index in [1.54, 1.807) is 29.1 Å². The Balaban J connectivity index is 1.80. The summed E-state index contributed by atoms with van der Waals surface area (Å²) in [6.45, 7) is -0.373. The number of H-pyrrole nitrogens is 1. The smallest absolute Gasteiger partial charge is 0.164 e. The van der Waals surface area contributed by atoms with Crippen LogP contribution >= 0.6 is 0 Å². The van der Waals surface area contributed by atoms with Gasteiger partial charge in [-0.2, -0.15) is 5.10 Å². The van der Waals surface area contributed by atoms with Crippen LogP contribution < -0.4 is 0 Å². The minimum Gasteiger partial charge on any atom is -0.394 e. The van der Waals surface area contributed by atoms with Crippen molar-refractivity contribution in [3.05, 3.63) is 30.9 Å². The van der Waals surface area contributed by atoms with Crippen LogP contribution in [0.3, 0.4) is 0 Å². The molecule has 120 valence electrons. The van der Waals surface area contributed by atoms with Gasteiger partial charge in [0.05, 0.1) is 24.1 Å². The number of aliphatic hydroxyl groups is 3. The van der Waals surface area contributed by atoms with Crippen molar-refractivity contribution >= 4 is 11.0 Å². The number of aliphatic hydroxyl groups excluding tert-OH is 3. The average Bonchev–Trinajstić information content (AvgIpc) is 3.28. The fraction of sp³-hybridized carbons (Fsp3) is 0.357. The highest BCUT2D eigenvalue weighted by Crippen LogP contribution is 2.33. The highest BCUT2D eigenvalue weighted by Gasteiger charge is 2.43. The second kappa shape index (κ2) is 5.39. The van der Waals surface area contributed by atoms with Crippen molar-refractivity contribution in [2.75, 3.05) is 6.61 Å². The second-order valence-corrected chi connectivity index (χ2v) is 5.38. The summed E-state index contributed by atoms with van der Waals surface area (Å²) in [6, 6.07) is 3.53. The standard InChI is InChI=1S/C14H15N5O4/c20-5-9-12(21)13(22)14(23-9)19-6-16-11-8(19)2-3-15-10(11)7-1-4-17-18-7/h1-4,6,9,12-14,20-22H,5H2,(H,17,18)/t9-,12-,13-,14-/m1/s1. The molecule has 0 unspecified atom stereocenters. The third-order valence-corrected chi connectivity index (χ3v) is 4.04. The molecule has 0 spiro atoms. The lowest BCUT2D eigenvalue weighted by Crippen LogP contribution is -2.33. The number of nitrogens with one attached hydrogen (secondary N) is 1. The molecule has 1 saturated heterocycles. The zero-order valence-electron chi connectivity index (χ0n) is 11.9. The van der Waals surface area contributed by atoms with E-state index < -0.39 is 24.5 Å². The molecule has 0 aromatic carbocycles. The highest BCUT2D eigenvalue weighted by molar-refractivity contribution is 5.88. The third kappa shape index (κ3) is 2.13. The zero-order chi connectivity index (χ0) is 16.0. The third-order valence-electron chi connectivity index (χ3n) is 4.04. The Morgan fingerprint density at radius 3 is 2.74 bits per heavy atom. The van der Waals surface area contributed by atoms with Crippen molar-refractivity contribution in [1.29, 1.82) is 0 Å². The Kier molecular flexibility index (Phi) is 3.34. The summed E-state index contributed by atoms with van der Waals surface area (Å²) < 4.78 is 7.18. The summed E-state index contributed by atoms with van der Waals surface area (Å²) in [5.74, 6) is 0. The van der Waals surface area contributed by atoms with Crippen molar-refractivity contribution in [3.63, 3.8) is 0 Å². The van der Waals surface area contributed by atoms with E-state index >= 15 is 0 Å². The number of hydrogen-bond donors (Lipinski definition) is 4. The maximum Gasteiger partial charge on any atom is 0.164 e. The first-order chi connectivity index (χ1) is 11.2. The largest absolute Gasteiger partial charge is 0.394 e. The van der Waals surface area contributed by atoms with E-state index in [1.165, 1.54) is 6.33 Å². The van der Waals surface area contributed by atoms with Crippen LogP contribution in [-0.2, 0) is 4.74 Å². The molecule has 4 rings (SSSR count). The quantitative estimate of drug-likeness (QED) is 0.509. The van der Waals surface area contributed by atoms with Crippen molar-refractivity contribution in [3.8, 4) is 11.4 Å². The van der Waals surface area contributed by atoms with Gasteiger partial charge in [-0.3, -0.25) is 10.1 Å². The van der Waals surface area contributed by atoms with Crippen molar-refractivity contribution in [2.45, 2.75) is 24.5 Å². The van der Waals surface area contributed by atoms with Crippen molar-refractivity contribution in [2.24, 2.45) is 0 Å². The van der Waals surface area contributed by atoms with E-state index in [0.717, 1.165) is 5.69 Å². The van der Waals surface area contributed by atoms with Crippen LogP contribution in [0, 0.1) is 0 Å². The van der Waals surface area contributed by atoms with Crippen LogP contribution in [0.5, 0.6) is 0 Å². The number of hydrogen-bond acceptors (Lipinski definition) is 7. The summed E-state index contributed by atoms with van der Waals surface area (Å²) in [5, 5.41) is 36.0. The molecular formula is C14H15N5O4. The molecule has 9 nitrogen and oxygen atoms in total. The number of nitrogens with zero attached hydrogens (tertiary/aromatic N) is 4. The van der Waals surface area contributed by atoms with Gasteiger partial charge in [0.15, 0.2) is 6.23 Å². The zero-order valence-corrected chi connectivity index (χ0v) is 11.9. The lowest BCUT2D eigenvalue weighted by molar-refractivity contribution is -0.0508. The fourth-order valence-electron chi connectivity index (χ4n) is 2.86. The van der Waals surface area contributed by atoms with E-state index in [1.807, 2.05) is 0 Å². The molecule has 4 heterocycles. The lowest BCUT2D eigenvalue weighted by Gasteiger charge is -2.17. The molecular weight excluding hydrogens is 302 g/mol. The van der Waals surface area contributed by atoms with Gasteiger partial charge < -0.3 is 24.6 Å². The van der Waals surface area contributed by atoms with E-state index in [4.69, 9.17) is 4.74 Å². The summed E-state index contributed by atoms with van der Waals surface area (Å²) in [4.78, 5) is 8.66. The van der Waals surface area contributed by atoms with Gasteiger partial charge in [-0.15, -0.1) is 0 Å². The van der Waals surface area contributed by atoms with Crippen LogP contribution in [0.25, 0.3) is 22.4 Å². The molecule has 23 heavy (non-hydrogen) atoms. The number of imidazole rings is 1. The van der Waals surface area contributed by atoms with Crippen LogP contribution in [0.1, 0.15) is 6.23 Å². The van der Waals surface area contributed by atoms with Gasteiger partial charge in [0, 0.05) is 12.4 Å². The molecule has 0 amide bonds. The van der Waals surface area contributed by atoms with Gasteiger partial charge in [0.2, 0.25) is 0 Å². The molecule has 0 bridgehead atoms. The normalized spacial score (nSPS) is 27.8.